The predicted octanol–water partition coefficient (Wildman–Crippen LogP) is 3.17. The number of aryl methyl sites for hydroxylation is 1. The van der Waals surface area contributed by atoms with Crippen LogP contribution in [0.25, 0.3) is 0 Å². The van der Waals surface area contributed by atoms with Gasteiger partial charge in [0, 0.05) is 13.1 Å². The zero-order valence-corrected chi connectivity index (χ0v) is 19.7. The van der Waals surface area contributed by atoms with Crippen molar-refractivity contribution in [2.75, 3.05) is 23.7 Å². The highest BCUT2D eigenvalue weighted by molar-refractivity contribution is 9.10. The quantitative estimate of drug-likeness (QED) is 0.277. The fourth-order valence-corrected chi connectivity index (χ4v) is 4.21. The van der Waals surface area contributed by atoms with Crippen LogP contribution in [0.4, 0.5) is 17.1 Å². The van der Waals surface area contributed by atoms with Gasteiger partial charge in [-0.3, -0.25) is 14.4 Å². The third-order valence-corrected chi connectivity index (χ3v) is 6.62. The molecule has 4 rings (SSSR count). The SMILES string of the molecule is CC[C@@H](Nc1c(Nc2cccc(C(=O)N3CC[C@@H](O)C3)c2O)c(=O)c1=O)c1cc(Br)c(C)o1. The van der Waals surface area contributed by atoms with Gasteiger partial charge in [-0.2, -0.15) is 0 Å². The lowest BCUT2D eigenvalue weighted by atomic mass is 10.1. The van der Waals surface area contributed by atoms with Crippen LogP contribution in [-0.4, -0.2) is 40.2 Å². The van der Waals surface area contributed by atoms with Crippen molar-refractivity contribution in [1.82, 2.24) is 4.90 Å². The highest BCUT2D eigenvalue weighted by Crippen LogP contribution is 2.34. The number of nitrogens with one attached hydrogen (secondary N) is 2. The van der Waals surface area contributed by atoms with Gasteiger partial charge < -0.3 is 30.2 Å². The van der Waals surface area contributed by atoms with Crippen molar-refractivity contribution in [3.05, 3.63) is 66.3 Å². The Labute approximate surface area is 197 Å². The molecule has 1 aliphatic heterocycles. The van der Waals surface area contributed by atoms with Crippen LogP contribution in [0.3, 0.4) is 0 Å². The molecule has 2 atom stereocenters. The summed E-state index contributed by atoms with van der Waals surface area (Å²) in [4.78, 5) is 38.8. The van der Waals surface area contributed by atoms with Crippen LogP contribution in [0, 0.1) is 6.92 Å². The van der Waals surface area contributed by atoms with Gasteiger partial charge in [0.15, 0.2) is 5.75 Å². The number of carbonyl (C=O) groups is 1. The number of β-amino-alcohol motifs (C(OH)–C–C–N with tert-alkyl or cyclic N) is 1. The monoisotopic (exact) mass is 517 g/mol. The molecular weight excluding hydrogens is 494 g/mol. The standard InChI is InChI=1S/C23H24BrN3O6/c1-3-15(17-9-14(24)11(2)33-17)25-18-19(22(31)21(18)30)26-16-6-4-5-13(20(16)29)23(32)27-8-7-12(28)10-27/h4-6,9,12,15,25-26,28-29H,3,7-8,10H2,1-2H3/t12-,15-/m1/s1. The molecule has 4 N–H and O–H groups in total. The number of aliphatic hydroxyl groups is 1. The molecule has 0 saturated carbocycles. The highest BCUT2D eigenvalue weighted by atomic mass is 79.9. The molecule has 3 aromatic rings. The molecule has 0 radical (unpaired) electrons. The number of benzene rings is 1. The van der Waals surface area contributed by atoms with Crippen LogP contribution in [0.2, 0.25) is 0 Å². The van der Waals surface area contributed by atoms with E-state index in [1.165, 1.54) is 17.0 Å². The van der Waals surface area contributed by atoms with Gasteiger partial charge >= 0.3 is 0 Å². The van der Waals surface area contributed by atoms with E-state index >= 15 is 0 Å². The van der Waals surface area contributed by atoms with Crippen LogP contribution in [-0.2, 0) is 0 Å². The number of rotatable bonds is 7. The molecule has 1 aromatic heterocycles. The minimum absolute atomic E-state index is 0.0114. The Morgan fingerprint density at radius 2 is 2.03 bits per heavy atom. The molecule has 1 saturated heterocycles. The number of halogens is 1. The molecule has 0 aliphatic carbocycles. The number of phenolic OH excluding ortho intramolecular Hbond substituents is 1. The minimum atomic E-state index is -0.719. The molecule has 0 bridgehead atoms. The van der Waals surface area contributed by atoms with E-state index in [9.17, 15) is 24.6 Å². The van der Waals surface area contributed by atoms with E-state index in [0.29, 0.717) is 30.9 Å². The lowest BCUT2D eigenvalue weighted by Crippen LogP contribution is -2.37. The van der Waals surface area contributed by atoms with E-state index in [1.54, 1.807) is 6.07 Å². The van der Waals surface area contributed by atoms with E-state index in [1.807, 2.05) is 19.9 Å². The molecule has 174 valence electrons. The summed E-state index contributed by atoms with van der Waals surface area (Å²) in [6.45, 7) is 4.32. The topological polar surface area (TPSA) is 132 Å². The maximum Gasteiger partial charge on any atom is 0.257 e. The van der Waals surface area contributed by atoms with Crippen LogP contribution >= 0.6 is 15.9 Å². The van der Waals surface area contributed by atoms with E-state index in [2.05, 4.69) is 26.6 Å². The molecule has 2 heterocycles. The van der Waals surface area contributed by atoms with Crippen LogP contribution in [0.15, 0.2) is 42.7 Å². The first-order valence-electron chi connectivity index (χ1n) is 10.6. The number of furan rings is 1. The lowest BCUT2D eigenvalue weighted by Gasteiger charge is -2.21. The van der Waals surface area contributed by atoms with Gasteiger partial charge in [0.1, 0.15) is 22.9 Å². The molecule has 9 nitrogen and oxygen atoms in total. The van der Waals surface area contributed by atoms with Crippen LogP contribution < -0.4 is 21.5 Å². The average molecular weight is 518 g/mol. The van der Waals surface area contributed by atoms with E-state index in [0.717, 1.165) is 4.47 Å². The average Bonchev–Trinajstić information content (AvgIpc) is 3.38. The molecule has 2 aromatic carbocycles. The molecule has 1 fully saturated rings. The first-order valence-corrected chi connectivity index (χ1v) is 11.4. The van der Waals surface area contributed by atoms with Gasteiger partial charge in [0.2, 0.25) is 0 Å². The number of likely N-dealkylation sites (tertiary alicyclic amines) is 1. The van der Waals surface area contributed by atoms with E-state index in [-0.39, 0.29) is 41.0 Å². The predicted molar refractivity (Wildman–Crippen MR) is 127 cm³/mol. The number of amides is 1. The van der Waals surface area contributed by atoms with Crippen molar-refractivity contribution in [2.24, 2.45) is 0 Å². The van der Waals surface area contributed by atoms with Gasteiger partial charge in [0.05, 0.1) is 27.9 Å². The molecule has 10 heteroatoms. The number of para-hydroxylation sites is 1. The number of hydrogen-bond donors (Lipinski definition) is 4. The van der Waals surface area contributed by atoms with Crippen molar-refractivity contribution >= 4 is 38.9 Å². The molecule has 1 aliphatic rings. The molecular formula is C23H24BrN3O6. The molecule has 0 spiro atoms. The largest absolute Gasteiger partial charge is 0.505 e. The van der Waals surface area contributed by atoms with Gasteiger partial charge in [0.25, 0.3) is 16.8 Å². The second-order valence-corrected chi connectivity index (χ2v) is 8.94. The normalized spacial score (nSPS) is 16.8. The molecule has 1 amide bonds. The van der Waals surface area contributed by atoms with Gasteiger partial charge in [-0.05, 0) is 53.9 Å². The first kappa shape index (κ1) is 23.1. The third-order valence-electron chi connectivity index (χ3n) is 5.83. The van der Waals surface area contributed by atoms with Crippen LogP contribution in [0.5, 0.6) is 5.75 Å². The lowest BCUT2D eigenvalue weighted by molar-refractivity contribution is 0.0762. The summed E-state index contributed by atoms with van der Waals surface area (Å²) in [6, 6.07) is 6.01. The maximum absolute atomic E-state index is 12.8. The van der Waals surface area contributed by atoms with Gasteiger partial charge in [-0.1, -0.05) is 13.0 Å². The van der Waals surface area contributed by atoms with Crippen molar-refractivity contribution < 1.29 is 19.4 Å². The number of hydrogen-bond acceptors (Lipinski definition) is 8. The molecule has 0 unspecified atom stereocenters. The summed E-state index contributed by atoms with van der Waals surface area (Å²) < 4.78 is 6.53. The Balaban J connectivity index is 1.58. The highest BCUT2D eigenvalue weighted by Gasteiger charge is 2.29. The number of nitrogens with zero attached hydrogens (tertiary/aromatic N) is 1. The van der Waals surface area contributed by atoms with E-state index < -0.39 is 22.9 Å². The summed E-state index contributed by atoms with van der Waals surface area (Å²) in [5.41, 5.74) is -1.11. The maximum atomic E-state index is 12.8. The van der Waals surface area contributed by atoms with Crippen molar-refractivity contribution in [2.45, 2.75) is 38.8 Å². The number of carbonyl (C=O) groups excluding carboxylic acids is 1. The summed E-state index contributed by atoms with van der Waals surface area (Å²) in [5.74, 6) is 0.566. The second kappa shape index (κ2) is 9.03. The first-order chi connectivity index (χ1) is 15.7. The summed E-state index contributed by atoms with van der Waals surface area (Å²) in [7, 11) is 0. The number of phenols is 1. The van der Waals surface area contributed by atoms with Crippen molar-refractivity contribution in [3.63, 3.8) is 0 Å². The van der Waals surface area contributed by atoms with Crippen molar-refractivity contribution in [1.29, 1.82) is 0 Å². The Morgan fingerprint density at radius 3 is 2.64 bits per heavy atom. The number of anilines is 3. The Kier molecular flexibility index (Phi) is 6.31. The Bertz CT molecular complexity index is 1260. The molecule has 33 heavy (non-hydrogen) atoms. The number of aromatic hydroxyl groups is 1. The summed E-state index contributed by atoms with van der Waals surface area (Å²) >= 11 is 3.40. The zero-order chi connectivity index (χ0) is 23.9. The number of aliphatic hydroxyl groups excluding tert-OH is 1. The van der Waals surface area contributed by atoms with Crippen LogP contribution in [0.1, 0.15) is 47.7 Å². The third kappa shape index (κ3) is 4.28. The van der Waals surface area contributed by atoms with Gasteiger partial charge in [-0.25, -0.2) is 0 Å². The zero-order valence-electron chi connectivity index (χ0n) is 18.1. The minimum Gasteiger partial charge on any atom is -0.505 e. The van der Waals surface area contributed by atoms with Gasteiger partial charge in [-0.15, -0.1) is 0 Å². The van der Waals surface area contributed by atoms with Crippen molar-refractivity contribution in [3.8, 4) is 5.75 Å². The fourth-order valence-electron chi connectivity index (χ4n) is 3.90. The smallest absolute Gasteiger partial charge is 0.257 e. The Hall–Kier alpha value is -3.11. The Morgan fingerprint density at radius 1 is 1.30 bits per heavy atom. The van der Waals surface area contributed by atoms with E-state index in [4.69, 9.17) is 4.42 Å². The second-order valence-electron chi connectivity index (χ2n) is 8.09. The summed E-state index contributed by atoms with van der Waals surface area (Å²) in [6.07, 6.45) is 0.488. The fraction of sp³-hybridized carbons (Fsp3) is 0.348. The summed E-state index contributed by atoms with van der Waals surface area (Å²) in [5, 5.41) is 26.3.